The third-order valence-electron chi connectivity index (χ3n) is 7.13. The highest BCUT2D eigenvalue weighted by molar-refractivity contribution is 5.95. The fourth-order valence-electron chi connectivity index (χ4n) is 5.85. The van der Waals surface area contributed by atoms with Crippen LogP contribution in [-0.4, -0.2) is 67.9 Å². The molecule has 5 rings (SSSR count). The number of aliphatic hydroxyl groups excluding tert-OH is 1. The van der Waals surface area contributed by atoms with Gasteiger partial charge in [0.05, 0.1) is 18.3 Å². The van der Waals surface area contributed by atoms with E-state index in [2.05, 4.69) is 4.98 Å². The molecular formula is C22H28N4O3. The quantitative estimate of drug-likeness (QED) is 0.840. The van der Waals surface area contributed by atoms with Crippen molar-refractivity contribution in [3.05, 3.63) is 35.3 Å². The molecule has 3 aliphatic heterocycles. The van der Waals surface area contributed by atoms with Crippen LogP contribution in [0.15, 0.2) is 18.3 Å². The number of carbonyl (C=O) groups excluding carboxylic acids is 2. The SMILES string of the molecule is Cc1ccn2c(C(=O)N3C[C@H]4C[C@@H](C3)[C@H](CO)N3C(=O)CCC[C@@H]43)c(C)nc2c1. The molecule has 2 bridgehead atoms. The molecule has 0 aromatic carbocycles. The van der Waals surface area contributed by atoms with Gasteiger partial charge in [0.25, 0.3) is 5.91 Å². The highest BCUT2D eigenvalue weighted by atomic mass is 16.3. The number of nitrogens with zero attached hydrogens (tertiary/aromatic N) is 4. The summed E-state index contributed by atoms with van der Waals surface area (Å²) in [6, 6.07) is 3.95. The maximum atomic E-state index is 13.6. The molecule has 7 heteroatoms. The van der Waals surface area contributed by atoms with Gasteiger partial charge in [-0.25, -0.2) is 4.98 Å². The van der Waals surface area contributed by atoms with Crippen molar-refractivity contribution in [2.24, 2.45) is 11.8 Å². The van der Waals surface area contributed by atoms with E-state index >= 15 is 0 Å². The monoisotopic (exact) mass is 396 g/mol. The lowest BCUT2D eigenvalue weighted by atomic mass is 9.72. The number of fused-ring (bicyclic) bond motifs is 5. The van der Waals surface area contributed by atoms with Crippen molar-refractivity contribution in [2.75, 3.05) is 19.7 Å². The number of aromatic nitrogens is 2. The van der Waals surface area contributed by atoms with Crippen LogP contribution in [0, 0.1) is 25.7 Å². The van der Waals surface area contributed by atoms with Gasteiger partial charge in [0, 0.05) is 31.7 Å². The van der Waals surface area contributed by atoms with E-state index in [1.807, 2.05) is 46.4 Å². The summed E-state index contributed by atoms with van der Waals surface area (Å²) < 4.78 is 1.88. The van der Waals surface area contributed by atoms with Gasteiger partial charge >= 0.3 is 0 Å². The summed E-state index contributed by atoms with van der Waals surface area (Å²) in [5, 5.41) is 10.1. The molecule has 3 fully saturated rings. The zero-order valence-electron chi connectivity index (χ0n) is 17.0. The van der Waals surface area contributed by atoms with E-state index in [-0.39, 0.29) is 42.3 Å². The molecule has 29 heavy (non-hydrogen) atoms. The van der Waals surface area contributed by atoms with Crippen molar-refractivity contribution < 1.29 is 14.7 Å². The first kappa shape index (κ1) is 18.6. The lowest BCUT2D eigenvalue weighted by Crippen LogP contribution is -2.66. The predicted octanol–water partition coefficient (Wildman–Crippen LogP) is 1.79. The van der Waals surface area contributed by atoms with E-state index in [1.54, 1.807) is 0 Å². The summed E-state index contributed by atoms with van der Waals surface area (Å²) in [5.74, 6) is 0.581. The minimum absolute atomic E-state index is 0.000767. The maximum Gasteiger partial charge on any atom is 0.272 e. The van der Waals surface area contributed by atoms with Crippen molar-refractivity contribution in [3.8, 4) is 0 Å². The van der Waals surface area contributed by atoms with Gasteiger partial charge in [-0.3, -0.25) is 14.0 Å². The third kappa shape index (κ3) is 2.86. The van der Waals surface area contributed by atoms with Crippen molar-refractivity contribution in [3.63, 3.8) is 0 Å². The van der Waals surface area contributed by atoms with E-state index in [1.165, 1.54) is 0 Å². The van der Waals surface area contributed by atoms with Crippen LogP contribution in [0.5, 0.6) is 0 Å². The number of likely N-dealkylation sites (tertiary alicyclic amines) is 1. The Labute approximate surface area is 170 Å². The summed E-state index contributed by atoms with van der Waals surface area (Å²) >= 11 is 0. The molecular weight excluding hydrogens is 368 g/mol. The number of piperidine rings is 3. The molecule has 4 atom stereocenters. The maximum absolute atomic E-state index is 13.6. The fourth-order valence-corrected chi connectivity index (χ4v) is 5.85. The molecule has 3 saturated heterocycles. The molecule has 2 amide bonds. The molecule has 0 radical (unpaired) electrons. The Morgan fingerprint density at radius 3 is 2.86 bits per heavy atom. The summed E-state index contributed by atoms with van der Waals surface area (Å²) in [4.78, 5) is 34.6. The number of rotatable bonds is 2. The zero-order valence-corrected chi connectivity index (χ0v) is 17.0. The van der Waals surface area contributed by atoms with Gasteiger partial charge in [0.1, 0.15) is 11.3 Å². The summed E-state index contributed by atoms with van der Waals surface area (Å²) in [5.41, 5.74) is 3.27. The first-order chi connectivity index (χ1) is 14.0. The minimum atomic E-state index is -0.175. The zero-order chi connectivity index (χ0) is 20.3. The van der Waals surface area contributed by atoms with Gasteiger partial charge in [0.15, 0.2) is 0 Å². The topological polar surface area (TPSA) is 78.2 Å². The van der Waals surface area contributed by atoms with Crippen molar-refractivity contribution in [1.82, 2.24) is 19.2 Å². The van der Waals surface area contributed by atoms with Crippen LogP contribution in [0.4, 0.5) is 0 Å². The average molecular weight is 396 g/mol. The number of carbonyl (C=O) groups is 2. The van der Waals surface area contributed by atoms with E-state index in [9.17, 15) is 14.7 Å². The summed E-state index contributed by atoms with van der Waals surface area (Å²) in [6.45, 7) is 5.12. The average Bonchev–Trinajstić information content (AvgIpc) is 3.03. The second kappa shape index (κ2) is 6.83. The number of imidazole rings is 1. The number of hydrogen-bond donors (Lipinski definition) is 1. The molecule has 0 saturated carbocycles. The molecule has 2 aromatic rings. The van der Waals surface area contributed by atoms with E-state index < -0.39 is 0 Å². The van der Waals surface area contributed by atoms with Crippen LogP contribution >= 0.6 is 0 Å². The van der Waals surface area contributed by atoms with E-state index in [0.29, 0.717) is 25.2 Å². The highest BCUT2D eigenvalue weighted by Crippen LogP contribution is 2.41. The Morgan fingerprint density at radius 1 is 1.28 bits per heavy atom. The molecule has 154 valence electrons. The van der Waals surface area contributed by atoms with E-state index in [0.717, 1.165) is 36.2 Å². The van der Waals surface area contributed by atoms with Gasteiger partial charge < -0.3 is 14.9 Å². The first-order valence-corrected chi connectivity index (χ1v) is 10.6. The number of hydrogen-bond acceptors (Lipinski definition) is 4. The largest absolute Gasteiger partial charge is 0.394 e. The molecule has 0 spiro atoms. The fraction of sp³-hybridized carbons (Fsp3) is 0.591. The van der Waals surface area contributed by atoms with Gasteiger partial charge in [-0.15, -0.1) is 0 Å². The lowest BCUT2D eigenvalue weighted by molar-refractivity contribution is -0.154. The Balaban J connectivity index is 1.47. The van der Waals surface area contributed by atoms with Gasteiger partial charge in [-0.2, -0.15) is 0 Å². The second-order valence-corrected chi connectivity index (χ2v) is 8.95. The van der Waals surface area contributed by atoms with Crippen LogP contribution in [0.3, 0.4) is 0 Å². The van der Waals surface area contributed by atoms with Gasteiger partial charge in [0.2, 0.25) is 5.91 Å². The first-order valence-electron chi connectivity index (χ1n) is 10.6. The predicted molar refractivity (Wildman–Crippen MR) is 108 cm³/mol. The van der Waals surface area contributed by atoms with Crippen LogP contribution in [0.1, 0.15) is 47.4 Å². The normalized spacial score (nSPS) is 29.3. The van der Waals surface area contributed by atoms with Crippen molar-refractivity contribution in [1.29, 1.82) is 0 Å². The molecule has 0 unspecified atom stereocenters. The summed E-state index contributed by atoms with van der Waals surface area (Å²) in [6.07, 6.45) is 5.35. The lowest BCUT2D eigenvalue weighted by Gasteiger charge is -2.56. The second-order valence-electron chi connectivity index (χ2n) is 8.95. The molecule has 1 N–H and O–H groups in total. The van der Waals surface area contributed by atoms with Crippen LogP contribution < -0.4 is 0 Å². The number of pyridine rings is 1. The number of amides is 2. The molecule has 3 aliphatic rings. The standard InChI is InChI=1S/C22H28N4O3/c1-13-6-7-25-19(8-13)23-14(2)21(25)22(29)24-10-15-9-16(11-24)18(12-27)26-17(15)4-3-5-20(26)28/h6-8,15-18,27H,3-5,9-12H2,1-2H3/t15-,16+,17+,18+/m1/s1. The molecule has 5 heterocycles. The molecule has 7 nitrogen and oxygen atoms in total. The smallest absolute Gasteiger partial charge is 0.272 e. The third-order valence-corrected chi connectivity index (χ3v) is 7.13. The Kier molecular flexibility index (Phi) is 4.38. The highest BCUT2D eigenvalue weighted by Gasteiger charge is 2.50. The van der Waals surface area contributed by atoms with Crippen LogP contribution in [0.25, 0.3) is 5.65 Å². The number of aliphatic hydroxyl groups is 1. The van der Waals surface area contributed by atoms with Gasteiger partial charge in [-0.05, 0) is 62.6 Å². The van der Waals surface area contributed by atoms with Crippen molar-refractivity contribution in [2.45, 2.75) is 51.6 Å². The molecule has 2 aromatic heterocycles. The van der Waals surface area contributed by atoms with Gasteiger partial charge in [-0.1, -0.05) is 0 Å². The van der Waals surface area contributed by atoms with Crippen molar-refractivity contribution >= 4 is 17.5 Å². The number of aryl methyl sites for hydroxylation is 2. The van der Waals surface area contributed by atoms with Crippen LogP contribution in [-0.2, 0) is 4.79 Å². The Bertz CT molecular complexity index is 970. The summed E-state index contributed by atoms with van der Waals surface area (Å²) in [7, 11) is 0. The van der Waals surface area contributed by atoms with Crippen LogP contribution in [0.2, 0.25) is 0 Å². The molecule has 0 aliphatic carbocycles. The van der Waals surface area contributed by atoms with E-state index in [4.69, 9.17) is 0 Å². The minimum Gasteiger partial charge on any atom is -0.394 e. The Hall–Kier alpha value is -2.41. The Morgan fingerprint density at radius 2 is 2.07 bits per heavy atom.